The summed E-state index contributed by atoms with van der Waals surface area (Å²) >= 11 is 2.30. The van der Waals surface area contributed by atoms with Crippen LogP contribution in [-0.2, 0) is 6.54 Å². The molecule has 0 bridgehead atoms. The van der Waals surface area contributed by atoms with Crippen molar-refractivity contribution in [2.24, 2.45) is 5.92 Å². The van der Waals surface area contributed by atoms with Crippen LogP contribution in [0.1, 0.15) is 19.3 Å². The first-order valence-corrected chi connectivity index (χ1v) is 6.31. The van der Waals surface area contributed by atoms with Crippen molar-refractivity contribution in [3.8, 4) is 0 Å². The first kappa shape index (κ1) is 13.3. The maximum Gasteiger partial charge on any atom is 0.0623 e. The Morgan fingerprint density at radius 1 is 1.47 bits per heavy atom. The lowest BCUT2D eigenvalue weighted by molar-refractivity contribution is 0.332. The van der Waals surface area contributed by atoms with Gasteiger partial charge in [-0.15, -0.1) is 12.4 Å². The molecule has 0 radical (unpaired) electrons. The smallest absolute Gasteiger partial charge is 0.0623 e. The van der Waals surface area contributed by atoms with Crippen LogP contribution >= 0.6 is 35.0 Å². The predicted molar refractivity (Wildman–Crippen MR) is 72.4 cm³/mol. The van der Waals surface area contributed by atoms with Crippen LogP contribution in [0.25, 0.3) is 0 Å². The molecule has 1 fully saturated rings. The minimum atomic E-state index is 0. The van der Waals surface area contributed by atoms with Crippen LogP contribution in [0.2, 0.25) is 0 Å². The molecule has 1 aromatic rings. The summed E-state index contributed by atoms with van der Waals surface area (Å²) in [6.45, 7) is 3.47. The van der Waals surface area contributed by atoms with Crippen molar-refractivity contribution < 1.29 is 0 Å². The lowest BCUT2D eigenvalue weighted by Gasteiger charge is -2.22. The second kappa shape index (κ2) is 6.70. The van der Waals surface area contributed by atoms with Gasteiger partial charge in [0.25, 0.3) is 0 Å². The maximum atomic E-state index is 4.29. The Morgan fingerprint density at radius 2 is 2.20 bits per heavy atom. The summed E-state index contributed by atoms with van der Waals surface area (Å²) in [4.78, 5) is 0. The lowest BCUT2D eigenvalue weighted by atomic mass is 9.95. The summed E-state index contributed by atoms with van der Waals surface area (Å²) in [5.74, 6) is 0.901. The van der Waals surface area contributed by atoms with Crippen molar-refractivity contribution in [3.05, 3.63) is 16.0 Å². The quantitative estimate of drug-likeness (QED) is 0.855. The number of hydrogen-bond donors (Lipinski definition) is 1. The molecule has 2 heterocycles. The molecule has 0 aliphatic carbocycles. The zero-order valence-electron chi connectivity index (χ0n) is 8.66. The molecular weight excluding hydrogens is 324 g/mol. The Bertz CT molecular complexity index is 284. The van der Waals surface area contributed by atoms with E-state index in [1.807, 2.05) is 6.20 Å². The highest BCUT2D eigenvalue weighted by atomic mass is 127. The van der Waals surface area contributed by atoms with E-state index in [-0.39, 0.29) is 12.4 Å². The van der Waals surface area contributed by atoms with E-state index >= 15 is 0 Å². The minimum absolute atomic E-state index is 0. The van der Waals surface area contributed by atoms with Gasteiger partial charge in [-0.3, -0.25) is 4.68 Å². The first-order valence-electron chi connectivity index (χ1n) is 5.23. The van der Waals surface area contributed by atoms with Gasteiger partial charge in [0.1, 0.15) is 0 Å². The fourth-order valence-corrected chi connectivity index (χ4v) is 2.39. The van der Waals surface area contributed by atoms with Crippen LogP contribution in [0, 0.1) is 9.49 Å². The van der Waals surface area contributed by atoms with Crippen molar-refractivity contribution in [1.29, 1.82) is 0 Å². The van der Waals surface area contributed by atoms with Gasteiger partial charge >= 0.3 is 0 Å². The number of nitrogens with one attached hydrogen (secondary N) is 1. The average molecular weight is 342 g/mol. The molecule has 0 atom stereocenters. The van der Waals surface area contributed by atoms with E-state index in [1.165, 1.54) is 35.9 Å². The summed E-state index contributed by atoms with van der Waals surface area (Å²) in [6.07, 6.45) is 7.97. The van der Waals surface area contributed by atoms with E-state index in [4.69, 9.17) is 0 Å². The number of nitrogens with zero attached hydrogens (tertiary/aromatic N) is 2. The minimum Gasteiger partial charge on any atom is -0.317 e. The van der Waals surface area contributed by atoms with E-state index in [2.05, 4.69) is 43.9 Å². The molecule has 1 N–H and O–H groups in total. The zero-order chi connectivity index (χ0) is 9.80. The zero-order valence-corrected chi connectivity index (χ0v) is 11.6. The fraction of sp³-hybridized carbons (Fsp3) is 0.700. The Labute approximate surface area is 111 Å². The van der Waals surface area contributed by atoms with Gasteiger partial charge in [0.2, 0.25) is 0 Å². The molecule has 0 amide bonds. The third-order valence-electron chi connectivity index (χ3n) is 2.83. The number of rotatable bonds is 3. The molecule has 86 valence electrons. The van der Waals surface area contributed by atoms with Crippen molar-refractivity contribution >= 4 is 35.0 Å². The SMILES string of the molecule is Cl.Ic1cnn(CCC2CCNCC2)c1. The van der Waals surface area contributed by atoms with Gasteiger partial charge in [0.05, 0.1) is 9.77 Å². The van der Waals surface area contributed by atoms with Gasteiger partial charge in [-0.1, -0.05) is 0 Å². The van der Waals surface area contributed by atoms with Crippen LogP contribution in [0.3, 0.4) is 0 Å². The number of aromatic nitrogens is 2. The standard InChI is InChI=1S/C10H16IN3.ClH/c11-10-7-13-14(8-10)6-3-9-1-4-12-5-2-9;/h7-9,12H,1-6H2;1H. The molecular formula is C10H17ClIN3. The third kappa shape index (κ3) is 4.28. The van der Waals surface area contributed by atoms with Crippen molar-refractivity contribution in [3.63, 3.8) is 0 Å². The van der Waals surface area contributed by atoms with E-state index in [9.17, 15) is 0 Å². The maximum absolute atomic E-state index is 4.29. The van der Waals surface area contributed by atoms with Gasteiger partial charge in [0, 0.05) is 12.7 Å². The fourth-order valence-electron chi connectivity index (χ4n) is 1.95. The lowest BCUT2D eigenvalue weighted by Crippen LogP contribution is -2.28. The van der Waals surface area contributed by atoms with Crippen molar-refractivity contribution in [2.45, 2.75) is 25.8 Å². The van der Waals surface area contributed by atoms with E-state index < -0.39 is 0 Å². The van der Waals surface area contributed by atoms with Crippen molar-refractivity contribution in [2.75, 3.05) is 13.1 Å². The highest BCUT2D eigenvalue weighted by Crippen LogP contribution is 2.16. The molecule has 1 aliphatic rings. The van der Waals surface area contributed by atoms with E-state index in [1.54, 1.807) is 0 Å². The molecule has 1 aromatic heterocycles. The van der Waals surface area contributed by atoms with Gasteiger partial charge in [-0.25, -0.2) is 0 Å². The largest absolute Gasteiger partial charge is 0.317 e. The topological polar surface area (TPSA) is 29.9 Å². The first-order chi connectivity index (χ1) is 6.84. The van der Waals surface area contributed by atoms with Gasteiger partial charge in [-0.05, 0) is 60.9 Å². The average Bonchev–Trinajstić information content (AvgIpc) is 2.63. The normalized spacial score (nSPS) is 17.4. The summed E-state index contributed by atoms with van der Waals surface area (Å²) in [7, 11) is 0. The summed E-state index contributed by atoms with van der Waals surface area (Å²) in [5.41, 5.74) is 0. The molecule has 5 heteroatoms. The van der Waals surface area contributed by atoms with Crippen LogP contribution < -0.4 is 5.32 Å². The highest BCUT2D eigenvalue weighted by Gasteiger charge is 2.12. The molecule has 0 aromatic carbocycles. The second-order valence-electron chi connectivity index (χ2n) is 3.90. The number of piperidine rings is 1. The van der Waals surface area contributed by atoms with E-state index in [0.717, 1.165) is 12.5 Å². The Morgan fingerprint density at radius 3 is 2.80 bits per heavy atom. The summed E-state index contributed by atoms with van der Waals surface area (Å²) in [5, 5.41) is 7.69. The summed E-state index contributed by atoms with van der Waals surface area (Å²) < 4.78 is 3.29. The van der Waals surface area contributed by atoms with Gasteiger partial charge in [-0.2, -0.15) is 5.10 Å². The number of halogens is 2. The molecule has 0 saturated carbocycles. The molecule has 2 rings (SSSR count). The highest BCUT2D eigenvalue weighted by molar-refractivity contribution is 14.1. The number of hydrogen-bond acceptors (Lipinski definition) is 2. The molecule has 3 nitrogen and oxygen atoms in total. The molecule has 1 saturated heterocycles. The van der Waals surface area contributed by atoms with Gasteiger partial charge in [0.15, 0.2) is 0 Å². The van der Waals surface area contributed by atoms with Crippen LogP contribution in [0.5, 0.6) is 0 Å². The second-order valence-corrected chi connectivity index (χ2v) is 5.15. The van der Waals surface area contributed by atoms with Gasteiger partial charge < -0.3 is 5.32 Å². The van der Waals surface area contributed by atoms with E-state index in [0.29, 0.717) is 0 Å². The monoisotopic (exact) mass is 341 g/mol. The predicted octanol–water partition coefficient (Wildman–Crippen LogP) is 2.30. The Balaban J connectivity index is 0.00000112. The number of aryl methyl sites for hydroxylation is 1. The Hall–Kier alpha value is 0.190. The Kier molecular flexibility index (Phi) is 5.92. The summed E-state index contributed by atoms with van der Waals surface area (Å²) in [6, 6.07) is 0. The van der Waals surface area contributed by atoms with Crippen LogP contribution in [0.4, 0.5) is 0 Å². The molecule has 15 heavy (non-hydrogen) atoms. The molecule has 0 spiro atoms. The van der Waals surface area contributed by atoms with Crippen LogP contribution in [0.15, 0.2) is 12.4 Å². The van der Waals surface area contributed by atoms with Crippen molar-refractivity contribution in [1.82, 2.24) is 15.1 Å². The molecule has 0 unspecified atom stereocenters. The molecule has 1 aliphatic heterocycles. The third-order valence-corrected chi connectivity index (χ3v) is 3.38. The van der Waals surface area contributed by atoms with Crippen LogP contribution in [-0.4, -0.2) is 22.9 Å².